The van der Waals surface area contributed by atoms with E-state index in [1.807, 2.05) is 0 Å². The first kappa shape index (κ1) is 33.9. The van der Waals surface area contributed by atoms with E-state index < -0.39 is 0 Å². The third kappa shape index (κ3) is 20.0. The van der Waals surface area contributed by atoms with Crippen LogP contribution < -0.4 is 0 Å². The zero-order valence-corrected chi connectivity index (χ0v) is 25.7. The molecule has 0 aliphatic carbocycles. The summed E-state index contributed by atoms with van der Waals surface area (Å²) in [6.45, 7) is 12.2. The summed E-state index contributed by atoms with van der Waals surface area (Å²) in [6.07, 6.45) is 37.7. The van der Waals surface area contributed by atoms with Crippen molar-refractivity contribution in [3.63, 3.8) is 0 Å². The quantitative estimate of drug-likeness (QED) is 0.0973. The van der Waals surface area contributed by atoms with Crippen LogP contribution >= 0.6 is 0 Å². The second kappa shape index (κ2) is 26.5. The van der Waals surface area contributed by atoms with Gasteiger partial charge in [-0.1, -0.05) is 162 Å². The summed E-state index contributed by atoms with van der Waals surface area (Å²) in [7, 11) is 0. The van der Waals surface area contributed by atoms with Gasteiger partial charge in [-0.2, -0.15) is 0 Å². The van der Waals surface area contributed by atoms with E-state index in [4.69, 9.17) is 0 Å². The maximum Gasteiger partial charge on any atom is 0.0133 e. The summed E-state index contributed by atoms with van der Waals surface area (Å²) < 4.78 is 0. The molecule has 0 amide bonds. The Kier molecular flexibility index (Phi) is 25.0. The Morgan fingerprint density at radius 2 is 0.778 bits per heavy atom. The van der Waals surface area contributed by atoms with Gasteiger partial charge in [0.2, 0.25) is 0 Å². The molecule has 1 heterocycles. The van der Waals surface area contributed by atoms with Crippen LogP contribution in [0.3, 0.4) is 0 Å². The molecule has 0 aromatic heterocycles. The summed E-state index contributed by atoms with van der Waals surface area (Å²) in [5.41, 5.74) is 0. The van der Waals surface area contributed by atoms with E-state index in [-0.39, 0.29) is 0 Å². The second-order valence-electron chi connectivity index (χ2n) is 12.2. The molecule has 216 valence electrons. The number of unbranched alkanes of at least 4 members (excludes halogenated alkanes) is 17. The molecule has 1 rings (SSSR count). The van der Waals surface area contributed by atoms with E-state index in [0.29, 0.717) is 0 Å². The molecular weight excluding hydrogens is 436 g/mol. The van der Waals surface area contributed by atoms with Crippen LogP contribution in [0.1, 0.15) is 188 Å². The van der Waals surface area contributed by atoms with Crippen molar-refractivity contribution >= 4 is 0 Å². The van der Waals surface area contributed by atoms with Crippen molar-refractivity contribution in [1.82, 2.24) is 10.0 Å². The van der Waals surface area contributed by atoms with Crippen molar-refractivity contribution in [2.75, 3.05) is 26.2 Å². The lowest BCUT2D eigenvalue weighted by molar-refractivity contribution is -0.00620. The van der Waals surface area contributed by atoms with Crippen molar-refractivity contribution in [2.24, 2.45) is 5.92 Å². The minimum atomic E-state index is 1.02. The molecule has 1 fully saturated rings. The molecular formula is C34H70N2. The fourth-order valence-corrected chi connectivity index (χ4v) is 6.22. The maximum atomic E-state index is 2.73. The molecule has 36 heavy (non-hydrogen) atoms. The van der Waals surface area contributed by atoms with Gasteiger partial charge in [0.15, 0.2) is 0 Å². The Labute approximate surface area is 229 Å². The van der Waals surface area contributed by atoms with Crippen molar-refractivity contribution in [2.45, 2.75) is 188 Å². The van der Waals surface area contributed by atoms with Crippen LogP contribution in [0.5, 0.6) is 0 Å². The van der Waals surface area contributed by atoms with Crippen molar-refractivity contribution < 1.29 is 0 Å². The maximum absolute atomic E-state index is 2.73. The fraction of sp³-hybridized carbons (Fsp3) is 1.00. The van der Waals surface area contributed by atoms with Gasteiger partial charge in [-0.25, -0.2) is 10.0 Å². The van der Waals surface area contributed by atoms with Crippen molar-refractivity contribution in [3.8, 4) is 0 Å². The predicted molar refractivity (Wildman–Crippen MR) is 164 cm³/mol. The minimum Gasteiger partial charge on any atom is -0.242 e. The summed E-state index contributed by atoms with van der Waals surface area (Å²) in [4.78, 5) is 0. The number of rotatable bonds is 28. The van der Waals surface area contributed by atoms with E-state index in [2.05, 4.69) is 30.8 Å². The lowest BCUT2D eigenvalue weighted by Gasteiger charge is -2.31. The summed E-state index contributed by atoms with van der Waals surface area (Å²) in [5.74, 6) is 1.02. The first-order chi connectivity index (χ1) is 17.8. The Balaban J connectivity index is 2.21. The van der Waals surface area contributed by atoms with Crippen LogP contribution in [0.15, 0.2) is 0 Å². The van der Waals surface area contributed by atoms with E-state index in [1.165, 1.54) is 193 Å². The predicted octanol–water partition coefficient (Wildman–Crippen LogP) is 11.3. The molecule has 2 nitrogen and oxygen atoms in total. The van der Waals surface area contributed by atoms with Gasteiger partial charge in [0.05, 0.1) is 0 Å². The Hall–Kier alpha value is -0.0800. The summed E-state index contributed by atoms with van der Waals surface area (Å²) >= 11 is 0. The molecule has 1 aliphatic heterocycles. The summed E-state index contributed by atoms with van der Waals surface area (Å²) in [6, 6.07) is 0. The average molecular weight is 507 g/mol. The van der Waals surface area contributed by atoms with Crippen LogP contribution in [-0.2, 0) is 0 Å². The standard InChI is InChI=1S/C34H70N2/c1-4-7-10-12-14-15-17-21-28-34(27-20-16-13-11-8-5-2)29-22-18-19-24-31-35(30-23-9-6-3)36-32-25-26-33-36/h34H,4-33H2,1-3H3. The van der Waals surface area contributed by atoms with Crippen LogP contribution in [0.4, 0.5) is 0 Å². The van der Waals surface area contributed by atoms with Crippen molar-refractivity contribution in [3.05, 3.63) is 0 Å². The zero-order chi connectivity index (χ0) is 25.9. The highest BCUT2D eigenvalue weighted by molar-refractivity contribution is 4.67. The van der Waals surface area contributed by atoms with Crippen LogP contribution in [-0.4, -0.2) is 36.2 Å². The van der Waals surface area contributed by atoms with Gasteiger partial charge < -0.3 is 0 Å². The van der Waals surface area contributed by atoms with Gasteiger partial charge in [-0.3, -0.25) is 0 Å². The first-order valence-corrected chi connectivity index (χ1v) is 17.3. The molecule has 1 aliphatic rings. The molecule has 0 radical (unpaired) electrons. The Bertz CT molecular complexity index is 417. The molecule has 2 heteroatoms. The first-order valence-electron chi connectivity index (χ1n) is 17.3. The molecule has 0 bridgehead atoms. The van der Waals surface area contributed by atoms with Gasteiger partial charge in [-0.05, 0) is 31.6 Å². The van der Waals surface area contributed by atoms with Gasteiger partial charge >= 0.3 is 0 Å². The highest BCUT2D eigenvalue weighted by Crippen LogP contribution is 2.25. The smallest absolute Gasteiger partial charge is 0.0133 e. The summed E-state index contributed by atoms with van der Waals surface area (Å²) in [5, 5.41) is 5.41. The molecule has 0 spiro atoms. The van der Waals surface area contributed by atoms with Gasteiger partial charge in [-0.15, -0.1) is 0 Å². The monoisotopic (exact) mass is 507 g/mol. The highest BCUT2D eigenvalue weighted by atomic mass is 15.6. The molecule has 1 unspecified atom stereocenters. The van der Waals surface area contributed by atoms with Crippen molar-refractivity contribution in [1.29, 1.82) is 0 Å². The van der Waals surface area contributed by atoms with E-state index >= 15 is 0 Å². The van der Waals surface area contributed by atoms with Crippen LogP contribution in [0, 0.1) is 5.92 Å². The van der Waals surface area contributed by atoms with E-state index in [0.717, 1.165) is 5.92 Å². The third-order valence-corrected chi connectivity index (χ3v) is 8.71. The lowest BCUT2D eigenvalue weighted by atomic mass is 9.89. The minimum absolute atomic E-state index is 1.02. The zero-order valence-electron chi connectivity index (χ0n) is 25.7. The van der Waals surface area contributed by atoms with E-state index in [9.17, 15) is 0 Å². The number of nitrogens with zero attached hydrogens (tertiary/aromatic N) is 2. The number of hydrazine groups is 1. The Morgan fingerprint density at radius 3 is 1.22 bits per heavy atom. The average Bonchev–Trinajstić information content (AvgIpc) is 3.43. The van der Waals surface area contributed by atoms with Crippen LogP contribution in [0.2, 0.25) is 0 Å². The van der Waals surface area contributed by atoms with Crippen LogP contribution in [0.25, 0.3) is 0 Å². The number of hydrogen-bond donors (Lipinski definition) is 0. The normalized spacial score (nSPS) is 15.3. The highest BCUT2D eigenvalue weighted by Gasteiger charge is 2.18. The number of hydrogen-bond acceptors (Lipinski definition) is 2. The fourth-order valence-electron chi connectivity index (χ4n) is 6.22. The lowest BCUT2D eigenvalue weighted by Crippen LogP contribution is -2.41. The Morgan fingerprint density at radius 1 is 0.444 bits per heavy atom. The topological polar surface area (TPSA) is 6.48 Å². The second-order valence-corrected chi connectivity index (χ2v) is 12.2. The third-order valence-electron chi connectivity index (χ3n) is 8.71. The van der Waals surface area contributed by atoms with Gasteiger partial charge in [0.25, 0.3) is 0 Å². The SMILES string of the molecule is CCCCCCCCCCC(CCCCCCCC)CCCCCCN(CCCCC)N1CCCC1. The molecule has 0 aromatic carbocycles. The molecule has 1 atom stereocenters. The van der Waals surface area contributed by atoms with Gasteiger partial charge in [0, 0.05) is 26.2 Å². The molecule has 1 saturated heterocycles. The largest absolute Gasteiger partial charge is 0.242 e. The molecule has 0 aromatic rings. The molecule has 0 N–H and O–H groups in total. The van der Waals surface area contributed by atoms with Gasteiger partial charge in [0.1, 0.15) is 0 Å². The molecule has 0 saturated carbocycles. The van der Waals surface area contributed by atoms with E-state index in [1.54, 1.807) is 0 Å².